The van der Waals surface area contributed by atoms with E-state index in [1.807, 2.05) is 0 Å². The molecule has 0 unspecified atom stereocenters. The Hall–Kier alpha value is -3.05. The molecule has 0 saturated heterocycles. The molecule has 0 radical (unpaired) electrons. The number of hydrogen-bond donors (Lipinski definition) is 1. The molecule has 2 rings (SSSR count). The average Bonchev–Trinajstić information content (AvgIpc) is 2.67. The van der Waals surface area contributed by atoms with Crippen LogP contribution in [0.2, 0.25) is 5.02 Å². The molecular formula is C18H12Cl2F3NO7. The van der Waals surface area contributed by atoms with Gasteiger partial charge in [-0.1, -0.05) is 11.6 Å². The molecule has 1 N–H and O–H groups in total. The molecule has 0 saturated carbocycles. The minimum Gasteiger partial charge on any atom is -0.477 e. The largest absolute Gasteiger partial charge is 0.477 e. The zero-order valence-corrected chi connectivity index (χ0v) is 16.8. The van der Waals surface area contributed by atoms with Gasteiger partial charge in [0, 0.05) is 18.1 Å². The summed E-state index contributed by atoms with van der Waals surface area (Å²) in [5.41, 5.74) is -2.66. The Balaban J connectivity index is 2.44. The molecule has 0 heterocycles. The summed E-state index contributed by atoms with van der Waals surface area (Å²) in [4.78, 5) is 33.1. The lowest BCUT2D eigenvalue weighted by Gasteiger charge is -2.13. The van der Waals surface area contributed by atoms with E-state index in [0.29, 0.717) is 12.1 Å². The Morgan fingerprint density at radius 1 is 1.19 bits per heavy atom. The number of esters is 1. The van der Waals surface area contributed by atoms with Gasteiger partial charge in [-0.25, -0.2) is 4.79 Å². The molecule has 166 valence electrons. The van der Waals surface area contributed by atoms with Gasteiger partial charge in [0.15, 0.2) is 0 Å². The number of carbonyl (C=O) groups is 2. The third-order valence-corrected chi connectivity index (χ3v) is 4.32. The van der Waals surface area contributed by atoms with E-state index in [0.717, 1.165) is 18.2 Å². The number of hydrogen-bond acceptors (Lipinski definition) is 6. The van der Waals surface area contributed by atoms with Crippen LogP contribution in [0.4, 0.5) is 18.9 Å². The van der Waals surface area contributed by atoms with Crippen LogP contribution in [0.1, 0.15) is 21.5 Å². The smallest absolute Gasteiger partial charge is 0.416 e. The highest BCUT2D eigenvalue weighted by atomic mass is 35.5. The van der Waals surface area contributed by atoms with Crippen LogP contribution >= 0.6 is 23.2 Å². The molecule has 2 aromatic carbocycles. The van der Waals surface area contributed by atoms with Gasteiger partial charge in [0.25, 0.3) is 5.69 Å². The highest BCUT2D eigenvalue weighted by Crippen LogP contribution is 2.38. The topological polar surface area (TPSA) is 116 Å². The van der Waals surface area contributed by atoms with Crippen molar-refractivity contribution in [1.29, 1.82) is 0 Å². The number of nitro benzene ring substituents is 1. The number of alkyl halides is 4. The van der Waals surface area contributed by atoms with Crippen molar-refractivity contribution in [3.63, 3.8) is 0 Å². The van der Waals surface area contributed by atoms with Gasteiger partial charge in [-0.05, 0) is 24.3 Å². The SMILES string of the molecule is O=C(CCl)OCCc1cc(Oc2ccc(C(F)(F)F)cc2Cl)cc(C(=O)O)c1[N+](=O)[O-]. The van der Waals surface area contributed by atoms with E-state index in [1.165, 1.54) is 0 Å². The van der Waals surface area contributed by atoms with E-state index in [2.05, 4.69) is 0 Å². The van der Waals surface area contributed by atoms with Gasteiger partial charge in [0.1, 0.15) is 22.9 Å². The van der Waals surface area contributed by atoms with Gasteiger partial charge in [-0.2, -0.15) is 13.2 Å². The predicted molar refractivity (Wildman–Crippen MR) is 102 cm³/mol. The van der Waals surface area contributed by atoms with E-state index in [1.54, 1.807) is 0 Å². The normalized spacial score (nSPS) is 11.1. The fourth-order valence-electron chi connectivity index (χ4n) is 2.49. The molecule has 2 aromatic rings. The van der Waals surface area contributed by atoms with Crippen molar-refractivity contribution < 1.29 is 42.3 Å². The van der Waals surface area contributed by atoms with E-state index < -0.39 is 50.8 Å². The number of carboxylic acids is 1. The summed E-state index contributed by atoms with van der Waals surface area (Å²) in [5.74, 6) is -3.35. The highest BCUT2D eigenvalue weighted by molar-refractivity contribution is 6.32. The molecule has 31 heavy (non-hydrogen) atoms. The quantitative estimate of drug-likeness (QED) is 0.241. The number of ether oxygens (including phenoxy) is 2. The lowest BCUT2D eigenvalue weighted by Crippen LogP contribution is -2.11. The second-order valence-corrected chi connectivity index (χ2v) is 6.56. The molecular weight excluding hydrogens is 470 g/mol. The van der Waals surface area contributed by atoms with Crippen molar-refractivity contribution in [3.8, 4) is 11.5 Å². The van der Waals surface area contributed by atoms with Gasteiger partial charge in [-0.3, -0.25) is 14.9 Å². The fourth-order valence-corrected chi connectivity index (χ4v) is 2.79. The predicted octanol–water partition coefficient (Wildman–Crippen LogP) is 5.08. The maximum atomic E-state index is 12.8. The van der Waals surface area contributed by atoms with Crippen molar-refractivity contribution in [3.05, 3.63) is 62.2 Å². The minimum absolute atomic E-state index is 0.148. The molecule has 0 atom stereocenters. The first-order valence-corrected chi connectivity index (χ1v) is 9.16. The summed E-state index contributed by atoms with van der Waals surface area (Å²) >= 11 is 11.1. The molecule has 0 fully saturated rings. The summed E-state index contributed by atoms with van der Waals surface area (Å²) in [5, 5.41) is 20.3. The van der Waals surface area contributed by atoms with Gasteiger partial charge >= 0.3 is 18.1 Å². The maximum absolute atomic E-state index is 12.8. The molecule has 0 aliphatic rings. The standard InChI is InChI=1S/C18H12Cl2F3NO7/c19-8-15(25)30-4-3-9-5-11(7-12(17(26)27)16(9)24(28)29)31-14-2-1-10(6-13(14)20)18(21,22)23/h1-2,5-7H,3-4,8H2,(H,26,27). The Labute approximate surface area is 182 Å². The van der Waals surface area contributed by atoms with Crippen molar-refractivity contribution in [2.45, 2.75) is 12.6 Å². The number of aromatic carboxylic acids is 1. The number of benzene rings is 2. The fraction of sp³-hybridized carbons (Fsp3) is 0.222. The van der Waals surface area contributed by atoms with Crippen LogP contribution < -0.4 is 4.74 Å². The monoisotopic (exact) mass is 481 g/mol. The third kappa shape index (κ3) is 6.22. The van der Waals surface area contributed by atoms with Gasteiger partial charge in [-0.15, -0.1) is 11.6 Å². The molecule has 13 heteroatoms. The van der Waals surface area contributed by atoms with Crippen LogP contribution in [0.15, 0.2) is 30.3 Å². The Morgan fingerprint density at radius 3 is 2.39 bits per heavy atom. The van der Waals surface area contributed by atoms with E-state index in [-0.39, 0.29) is 30.1 Å². The Bertz CT molecular complexity index is 1030. The van der Waals surface area contributed by atoms with Gasteiger partial charge in [0.2, 0.25) is 0 Å². The summed E-state index contributed by atoms with van der Waals surface area (Å²) in [6.45, 7) is -0.337. The number of nitro groups is 1. The highest BCUT2D eigenvalue weighted by Gasteiger charge is 2.31. The van der Waals surface area contributed by atoms with E-state index >= 15 is 0 Å². The maximum Gasteiger partial charge on any atom is 0.416 e. The van der Waals surface area contributed by atoms with Crippen molar-refractivity contribution in [1.82, 2.24) is 0 Å². The molecule has 0 aliphatic carbocycles. The zero-order chi connectivity index (χ0) is 23.3. The van der Waals surface area contributed by atoms with Crippen molar-refractivity contribution >= 4 is 40.8 Å². The summed E-state index contributed by atoms with van der Waals surface area (Å²) in [7, 11) is 0. The van der Waals surface area contributed by atoms with Crippen LogP contribution in [0.5, 0.6) is 11.5 Å². The second kappa shape index (κ2) is 9.84. The van der Waals surface area contributed by atoms with Crippen LogP contribution in [0.25, 0.3) is 0 Å². The van der Waals surface area contributed by atoms with Crippen LogP contribution in [-0.2, 0) is 22.1 Å². The van der Waals surface area contributed by atoms with Crippen LogP contribution in [0.3, 0.4) is 0 Å². The molecule has 0 amide bonds. The molecule has 0 aliphatic heterocycles. The number of halogens is 5. The van der Waals surface area contributed by atoms with E-state index in [9.17, 15) is 38.0 Å². The average molecular weight is 482 g/mol. The molecule has 0 spiro atoms. The first kappa shape index (κ1) is 24.2. The third-order valence-electron chi connectivity index (χ3n) is 3.81. The van der Waals surface area contributed by atoms with Crippen LogP contribution in [0, 0.1) is 10.1 Å². The molecule has 0 bridgehead atoms. The van der Waals surface area contributed by atoms with Crippen LogP contribution in [-0.4, -0.2) is 34.5 Å². The van der Waals surface area contributed by atoms with Crippen molar-refractivity contribution in [2.24, 2.45) is 0 Å². The second-order valence-electron chi connectivity index (χ2n) is 5.89. The zero-order valence-electron chi connectivity index (χ0n) is 15.2. The van der Waals surface area contributed by atoms with Crippen molar-refractivity contribution in [2.75, 3.05) is 12.5 Å². The molecule has 8 nitrogen and oxygen atoms in total. The first-order valence-electron chi connectivity index (χ1n) is 8.24. The number of nitrogens with zero attached hydrogens (tertiary/aromatic N) is 1. The minimum atomic E-state index is -4.64. The summed E-state index contributed by atoms with van der Waals surface area (Å²) in [6, 6.07) is 4.19. The van der Waals surface area contributed by atoms with Gasteiger partial charge in [0.05, 0.1) is 22.1 Å². The molecule has 0 aromatic heterocycles. The first-order chi connectivity index (χ1) is 14.4. The lowest BCUT2D eigenvalue weighted by atomic mass is 10.0. The van der Waals surface area contributed by atoms with E-state index in [4.69, 9.17) is 32.7 Å². The Kier molecular flexibility index (Phi) is 7.69. The number of carboxylic acid groups (broad SMARTS) is 1. The van der Waals surface area contributed by atoms with Gasteiger partial charge < -0.3 is 14.6 Å². The Morgan fingerprint density at radius 2 is 1.87 bits per heavy atom. The number of carbonyl (C=O) groups excluding carboxylic acids is 1. The summed E-state index contributed by atoms with van der Waals surface area (Å²) < 4.78 is 48.4. The lowest BCUT2D eigenvalue weighted by molar-refractivity contribution is -0.385. The summed E-state index contributed by atoms with van der Waals surface area (Å²) in [6.07, 6.45) is -4.89. The number of rotatable bonds is 8.